The number of benzene rings is 1. The van der Waals surface area contributed by atoms with Gasteiger partial charge in [0.15, 0.2) is 17.7 Å². The minimum absolute atomic E-state index is 0.0145. The van der Waals surface area contributed by atoms with Gasteiger partial charge in [0.25, 0.3) is 0 Å². The third-order valence-corrected chi connectivity index (χ3v) is 10.9. The number of Topliss-reactive ketones (excluding diaryl/α,β-unsaturated/α-hetero) is 1. The van der Waals surface area contributed by atoms with Crippen LogP contribution in [0.15, 0.2) is 43.1 Å². The number of ketones is 1. The molecule has 0 aliphatic carbocycles. The van der Waals surface area contributed by atoms with E-state index in [0.717, 1.165) is 5.56 Å². The molecule has 3 heterocycles. The number of carbonyl (C=O) groups is 2. The molecule has 1 unspecified atom stereocenters. The van der Waals surface area contributed by atoms with Gasteiger partial charge in [0, 0.05) is 49.8 Å². The number of nitrogen functional groups attached to an aromatic ring is 1. The molecular weight excluding hydrogens is 654 g/mol. The summed E-state index contributed by atoms with van der Waals surface area (Å²) < 4.78 is 36.7. The molecule has 2 aliphatic heterocycles. The van der Waals surface area contributed by atoms with Gasteiger partial charge in [-0.05, 0) is 76.9 Å². The number of methoxy groups -OCH3 is 1. The maximum atomic E-state index is 16.9. The Bertz CT molecular complexity index is 1520. The van der Waals surface area contributed by atoms with E-state index in [1.54, 1.807) is 30.4 Å². The number of aliphatic hydroxyl groups is 1. The topological polar surface area (TPSA) is 154 Å². The predicted octanol–water partition coefficient (Wildman–Crippen LogP) is 4.87. The van der Waals surface area contributed by atoms with Gasteiger partial charge >= 0.3 is 6.09 Å². The molecule has 2 radical (unpaired) electrons. The maximum absolute atomic E-state index is 16.9. The van der Waals surface area contributed by atoms with Gasteiger partial charge < -0.3 is 30.4 Å². The Kier molecular flexibility index (Phi) is 13.1. The van der Waals surface area contributed by atoms with Gasteiger partial charge in [0.2, 0.25) is 5.67 Å². The van der Waals surface area contributed by atoms with Crippen LogP contribution in [0.3, 0.4) is 0 Å². The molecule has 2 saturated heterocycles. The highest BCUT2D eigenvalue weighted by Gasteiger charge is 2.59. The number of carbonyl (C=O) groups excluding carboxylic acids is 2. The van der Waals surface area contributed by atoms with E-state index in [1.807, 2.05) is 51.2 Å². The number of unbranched alkanes of at least 4 members (excludes halogenated alkanes) is 1. The van der Waals surface area contributed by atoms with Crippen molar-refractivity contribution in [1.29, 1.82) is 0 Å². The number of rotatable bonds is 10. The number of ether oxygens (including phenoxy) is 3. The monoisotopic (exact) mass is 710 g/mol. The molecule has 280 valence electrons. The first-order valence-electron chi connectivity index (χ1n) is 18.0. The van der Waals surface area contributed by atoms with Crippen molar-refractivity contribution in [2.45, 2.75) is 127 Å². The van der Waals surface area contributed by atoms with Crippen molar-refractivity contribution in [2.24, 2.45) is 11.8 Å². The molecule has 0 saturated carbocycles. The van der Waals surface area contributed by atoms with Crippen molar-refractivity contribution in [3.8, 4) is 11.3 Å². The Balaban J connectivity index is 1.60. The van der Waals surface area contributed by atoms with Crippen LogP contribution in [0.2, 0.25) is 5.82 Å². The Morgan fingerprint density at radius 2 is 1.94 bits per heavy atom. The minimum Gasteiger partial charge on any atom is -0.438 e. The number of hydrogen-bond donors (Lipinski definition) is 3. The summed E-state index contributed by atoms with van der Waals surface area (Å²) in [5.41, 5.74) is 3.00. The number of nitrogens with zero attached hydrogens (tertiary/aromatic N) is 4. The van der Waals surface area contributed by atoms with Gasteiger partial charge in [0.1, 0.15) is 11.8 Å². The van der Waals surface area contributed by atoms with E-state index >= 15 is 4.39 Å². The lowest BCUT2D eigenvalue weighted by atomic mass is 9.62. The second kappa shape index (κ2) is 16.6. The number of allylic oxidation sites excluding steroid dienone is 1. The summed E-state index contributed by atoms with van der Waals surface area (Å²) in [5.74, 6) is -2.81. The van der Waals surface area contributed by atoms with Crippen LogP contribution < -0.4 is 11.1 Å². The zero-order valence-corrected chi connectivity index (χ0v) is 31.2. The number of aliphatic hydroxyl groups excluding tert-OH is 1. The number of nitrogens with one attached hydrogen (secondary N) is 1. The van der Waals surface area contributed by atoms with E-state index < -0.39 is 65.3 Å². The number of hydrogen-bond acceptors (Lipinski definition) is 10. The van der Waals surface area contributed by atoms with Crippen molar-refractivity contribution in [1.82, 2.24) is 25.2 Å². The third-order valence-electron chi connectivity index (χ3n) is 10.9. The molecule has 2 aromatic rings. The van der Waals surface area contributed by atoms with Gasteiger partial charge in [-0.3, -0.25) is 14.4 Å². The van der Waals surface area contributed by atoms with Crippen molar-refractivity contribution < 1.29 is 33.3 Å². The fraction of sp³-hybridized carbons (Fsp3) is 0.676. The third kappa shape index (κ3) is 8.50. The van der Waals surface area contributed by atoms with Crippen LogP contribution in [-0.4, -0.2) is 106 Å². The lowest BCUT2D eigenvalue weighted by molar-refractivity contribution is -0.237. The van der Waals surface area contributed by atoms with Crippen LogP contribution in [-0.2, 0) is 25.5 Å². The van der Waals surface area contributed by atoms with Crippen molar-refractivity contribution in [3.63, 3.8) is 0 Å². The molecule has 1 aromatic carbocycles. The summed E-state index contributed by atoms with van der Waals surface area (Å²) in [6, 6.07) is 6.57. The Morgan fingerprint density at radius 1 is 1.24 bits per heavy atom. The van der Waals surface area contributed by atoms with Crippen LogP contribution in [0.1, 0.15) is 73.6 Å². The highest BCUT2D eigenvalue weighted by atomic mass is 19.1. The summed E-state index contributed by atoms with van der Waals surface area (Å²) in [5, 5.41) is 23.5. The molecule has 51 heavy (non-hydrogen) atoms. The summed E-state index contributed by atoms with van der Waals surface area (Å²) >= 11 is 0. The smallest absolute Gasteiger partial charge is 0.410 e. The molecule has 1 aromatic heterocycles. The number of halogens is 1. The summed E-state index contributed by atoms with van der Waals surface area (Å²) in [4.78, 5) is 29.2. The fourth-order valence-corrected chi connectivity index (χ4v) is 7.90. The fourth-order valence-electron chi connectivity index (χ4n) is 7.90. The number of nitrogens with two attached hydrogens (primary N) is 1. The SMILES string of the molecule is [B][C@@H]1[C@@H](C)C(=O)[C@@](F)(CC=C)C(O)O[C@H](CC)[C@@]2(C)OC(=O)N(CCCCn3cc(-c4cccc(N)c4)nn3)[C@@H]2[C@@H](C)NC[C@H](C)C[C@@]1(C)OC. The normalized spacial score (nSPS) is 35.5. The van der Waals surface area contributed by atoms with E-state index in [2.05, 4.69) is 22.2 Å². The quantitative estimate of drug-likeness (QED) is 0.135. The van der Waals surface area contributed by atoms with Crippen LogP contribution >= 0.6 is 0 Å². The number of anilines is 1. The van der Waals surface area contributed by atoms with Gasteiger partial charge in [-0.25, -0.2) is 9.18 Å². The van der Waals surface area contributed by atoms with E-state index in [4.69, 9.17) is 27.8 Å². The van der Waals surface area contributed by atoms with Gasteiger partial charge in [-0.2, -0.15) is 0 Å². The van der Waals surface area contributed by atoms with Crippen LogP contribution in [0.25, 0.3) is 11.3 Å². The molecule has 14 heteroatoms. The van der Waals surface area contributed by atoms with E-state index in [-0.39, 0.29) is 18.4 Å². The van der Waals surface area contributed by atoms with Crippen LogP contribution in [0.4, 0.5) is 14.9 Å². The minimum atomic E-state index is -2.86. The number of alkyl halides is 1. The molecule has 0 spiro atoms. The maximum Gasteiger partial charge on any atom is 0.410 e. The van der Waals surface area contributed by atoms with Crippen LogP contribution in [0.5, 0.6) is 0 Å². The van der Waals surface area contributed by atoms with Gasteiger partial charge in [0.05, 0.1) is 25.7 Å². The van der Waals surface area contributed by atoms with Gasteiger partial charge in [-0.1, -0.05) is 44.2 Å². The zero-order valence-electron chi connectivity index (χ0n) is 31.2. The lowest BCUT2D eigenvalue weighted by Gasteiger charge is -2.43. The zero-order chi connectivity index (χ0) is 37.7. The molecule has 12 nitrogen and oxygen atoms in total. The Labute approximate surface area is 303 Å². The second-order valence-electron chi connectivity index (χ2n) is 14.8. The summed E-state index contributed by atoms with van der Waals surface area (Å²) in [6.07, 6.45) is 0.940. The first-order valence-corrected chi connectivity index (χ1v) is 18.0. The number of aryl methyl sites for hydroxylation is 1. The Hall–Kier alpha value is -3.33. The molecule has 4 rings (SSSR count). The van der Waals surface area contributed by atoms with Crippen molar-refractivity contribution in [3.05, 3.63) is 43.1 Å². The number of amides is 1. The first kappa shape index (κ1) is 40.4. The molecule has 1 amide bonds. The molecule has 2 fully saturated rings. The second-order valence-corrected chi connectivity index (χ2v) is 14.8. The highest BCUT2D eigenvalue weighted by molar-refractivity contribution is 6.15. The standard InChI is InChI=1S/C37H56BFN6O6/c1-9-16-37(39)32(46)24(4)30(38)35(6,49-8)20-23(3)21-41-25(5)31-36(7,29(10-2)50-33(37)47)51-34(48)45(31)18-12-11-17-44-22-28(42-43-44)26-14-13-15-27(40)19-26/h9,13-15,19,22-25,29-31,33,41,47H,1,10-12,16-18,20-21,40H2,2-8H3/t23-,24-,25-,29-,30-,31-,33?,35-,36-,37+/m1/s1. The van der Waals surface area contributed by atoms with Crippen molar-refractivity contribution >= 4 is 25.4 Å². The van der Waals surface area contributed by atoms with E-state index in [0.29, 0.717) is 50.3 Å². The molecule has 4 N–H and O–H groups in total. The number of aromatic nitrogens is 3. The Morgan fingerprint density at radius 3 is 2.59 bits per heavy atom. The van der Waals surface area contributed by atoms with Crippen molar-refractivity contribution in [2.75, 3.05) is 25.9 Å². The highest BCUT2D eigenvalue weighted by Crippen LogP contribution is 2.43. The number of fused-ring (bicyclic) bond motifs is 1. The van der Waals surface area contributed by atoms with E-state index in [9.17, 15) is 14.7 Å². The summed E-state index contributed by atoms with van der Waals surface area (Å²) in [6.45, 7) is 16.0. The molecule has 0 bridgehead atoms. The van der Waals surface area contributed by atoms with E-state index in [1.165, 1.54) is 13.2 Å². The summed E-state index contributed by atoms with van der Waals surface area (Å²) in [7, 11) is 8.17. The van der Waals surface area contributed by atoms with Gasteiger partial charge in [-0.15, -0.1) is 11.7 Å². The lowest BCUT2D eigenvalue weighted by Crippen LogP contribution is -2.62. The molecule has 10 atom stereocenters. The predicted molar refractivity (Wildman–Crippen MR) is 195 cm³/mol. The largest absolute Gasteiger partial charge is 0.438 e. The molecule has 2 aliphatic rings. The average Bonchev–Trinajstić information content (AvgIpc) is 3.68. The first-order chi connectivity index (χ1) is 24.0. The molecular formula is C37H56BFN6O6. The van der Waals surface area contributed by atoms with Crippen LogP contribution in [0, 0.1) is 11.8 Å². The average molecular weight is 711 g/mol.